The van der Waals surface area contributed by atoms with Crippen LogP contribution in [0.2, 0.25) is 5.02 Å². The second-order valence-corrected chi connectivity index (χ2v) is 4.70. The predicted octanol–water partition coefficient (Wildman–Crippen LogP) is 3.48. The van der Waals surface area contributed by atoms with Gasteiger partial charge in [-0.15, -0.1) is 0 Å². The molecule has 5 heteroatoms. The van der Waals surface area contributed by atoms with Gasteiger partial charge >= 0.3 is 0 Å². The number of rotatable bonds is 4. The van der Waals surface area contributed by atoms with Crippen LogP contribution in [0.1, 0.15) is 11.5 Å². The summed E-state index contributed by atoms with van der Waals surface area (Å²) >= 11 is 6.18. The molecule has 0 atom stereocenters. The van der Waals surface area contributed by atoms with E-state index in [1.165, 1.54) is 0 Å². The van der Waals surface area contributed by atoms with Crippen molar-refractivity contribution in [3.63, 3.8) is 0 Å². The summed E-state index contributed by atoms with van der Waals surface area (Å²) in [6.45, 7) is 0.513. The van der Waals surface area contributed by atoms with Gasteiger partial charge in [0, 0.05) is 19.8 Å². The standard InChI is InChI=1S/C14H14ClN3O/c1-18(2)14-6-3-10(7-13(14)15)17-9-12-5-4-11(8-16)19-12/h3-7,17H,9H2,1-2H3. The third-order valence-electron chi connectivity index (χ3n) is 2.67. The van der Waals surface area contributed by atoms with Gasteiger partial charge in [-0.3, -0.25) is 0 Å². The van der Waals surface area contributed by atoms with E-state index in [1.807, 2.05) is 43.3 Å². The molecule has 1 aromatic heterocycles. The largest absolute Gasteiger partial charge is 0.449 e. The summed E-state index contributed by atoms with van der Waals surface area (Å²) in [7, 11) is 3.89. The minimum atomic E-state index is 0.317. The number of nitriles is 1. The first-order valence-electron chi connectivity index (χ1n) is 5.79. The Kier molecular flexibility index (Phi) is 3.98. The molecule has 0 amide bonds. The Balaban J connectivity index is 2.04. The van der Waals surface area contributed by atoms with Crippen LogP contribution < -0.4 is 10.2 Å². The monoisotopic (exact) mass is 275 g/mol. The van der Waals surface area contributed by atoms with Crippen LogP contribution in [0, 0.1) is 11.3 Å². The zero-order chi connectivity index (χ0) is 13.8. The molecule has 4 nitrogen and oxygen atoms in total. The zero-order valence-electron chi connectivity index (χ0n) is 10.8. The van der Waals surface area contributed by atoms with Gasteiger partial charge in [-0.2, -0.15) is 5.26 Å². The number of hydrogen-bond acceptors (Lipinski definition) is 4. The average molecular weight is 276 g/mol. The molecule has 1 heterocycles. The highest BCUT2D eigenvalue weighted by atomic mass is 35.5. The van der Waals surface area contributed by atoms with E-state index in [0.29, 0.717) is 23.1 Å². The molecule has 0 bridgehead atoms. The van der Waals surface area contributed by atoms with E-state index in [2.05, 4.69) is 5.32 Å². The van der Waals surface area contributed by atoms with E-state index in [9.17, 15) is 0 Å². The van der Waals surface area contributed by atoms with Crippen LogP contribution in [0.4, 0.5) is 11.4 Å². The quantitative estimate of drug-likeness (QED) is 0.928. The molecule has 0 radical (unpaired) electrons. The lowest BCUT2D eigenvalue weighted by molar-refractivity contribution is 0.506. The first-order chi connectivity index (χ1) is 9.10. The molecule has 0 aliphatic carbocycles. The van der Waals surface area contributed by atoms with Crippen LogP contribution in [-0.2, 0) is 6.54 Å². The molecule has 0 aliphatic heterocycles. The number of halogens is 1. The van der Waals surface area contributed by atoms with E-state index in [0.717, 1.165) is 11.4 Å². The van der Waals surface area contributed by atoms with Gasteiger partial charge in [0.1, 0.15) is 11.8 Å². The van der Waals surface area contributed by atoms with Crippen molar-refractivity contribution >= 4 is 23.0 Å². The smallest absolute Gasteiger partial charge is 0.203 e. The summed E-state index contributed by atoms with van der Waals surface area (Å²) in [5.41, 5.74) is 1.88. The van der Waals surface area contributed by atoms with Gasteiger partial charge in [-0.25, -0.2) is 0 Å². The second kappa shape index (κ2) is 5.68. The zero-order valence-corrected chi connectivity index (χ0v) is 11.5. The van der Waals surface area contributed by atoms with E-state index < -0.39 is 0 Å². The van der Waals surface area contributed by atoms with Crippen LogP contribution in [0.25, 0.3) is 0 Å². The van der Waals surface area contributed by atoms with Crippen LogP contribution in [0.5, 0.6) is 0 Å². The topological polar surface area (TPSA) is 52.2 Å². The SMILES string of the molecule is CN(C)c1ccc(NCc2ccc(C#N)o2)cc1Cl. The van der Waals surface area contributed by atoms with Crippen molar-refractivity contribution in [3.8, 4) is 6.07 Å². The highest BCUT2D eigenvalue weighted by molar-refractivity contribution is 6.33. The third kappa shape index (κ3) is 3.21. The molecule has 98 valence electrons. The highest BCUT2D eigenvalue weighted by Crippen LogP contribution is 2.27. The fourth-order valence-corrected chi connectivity index (χ4v) is 2.05. The van der Waals surface area contributed by atoms with Crippen LogP contribution in [0.15, 0.2) is 34.7 Å². The lowest BCUT2D eigenvalue weighted by Gasteiger charge is -2.15. The van der Waals surface area contributed by atoms with Crippen molar-refractivity contribution in [1.29, 1.82) is 5.26 Å². The van der Waals surface area contributed by atoms with Crippen molar-refractivity contribution in [2.75, 3.05) is 24.3 Å². The maximum Gasteiger partial charge on any atom is 0.203 e. The number of hydrogen-bond donors (Lipinski definition) is 1. The van der Waals surface area contributed by atoms with Crippen LogP contribution >= 0.6 is 11.6 Å². The molecule has 1 N–H and O–H groups in total. The molecular formula is C14H14ClN3O. The van der Waals surface area contributed by atoms with Gasteiger partial charge in [0.05, 0.1) is 17.3 Å². The Morgan fingerprint density at radius 1 is 1.32 bits per heavy atom. The van der Waals surface area contributed by atoms with Gasteiger partial charge in [-0.05, 0) is 30.3 Å². The van der Waals surface area contributed by atoms with Gasteiger partial charge in [0.15, 0.2) is 0 Å². The van der Waals surface area contributed by atoms with Crippen LogP contribution in [0.3, 0.4) is 0 Å². The molecule has 0 saturated heterocycles. The average Bonchev–Trinajstić information content (AvgIpc) is 2.84. The normalized spacial score (nSPS) is 10.0. The Labute approximate surface area is 117 Å². The van der Waals surface area contributed by atoms with Gasteiger partial charge in [0.25, 0.3) is 0 Å². The Hall–Kier alpha value is -2.12. The molecule has 0 unspecified atom stereocenters. The molecule has 2 aromatic rings. The molecular weight excluding hydrogens is 262 g/mol. The lowest BCUT2D eigenvalue weighted by atomic mass is 10.2. The van der Waals surface area contributed by atoms with E-state index in [4.69, 9.17) is 21.3 Å². The van der Waals surface area contributed by atoms with Crippen molar-refractivity contribution in [3.05, 3.63) is 46.9 Å². The van der Waals surface area contributed by atoms with Gasteiger partial charge in [0.2, 0.25) is 5.76 Å². The fourth-order valence-electron chi connectivity index (χ4n) is 1.70. The summed E-state index contributed by atoms with van der Waals surface area (Å²) in [5.74, 6) is 1.03. The minimum absolute atomic E-state index is 0.317. The fraction of sp³-hybridized carbons (Fsp3) is 0.214. The Morgan fingerprint density at radius 3 is 2.68 bits per heavy atom. The van der Waals surface area contributed by atoms with Crippen molar-refractivity contribution in [1.82, 2.24) is 0 Å². The Morgan fingerprint density at radius 2 is 2.11 bits per heavy atom. The first-order valence-corrected chi connectivity index (χ1v) is 6.17. The first kappa shape index (κ1) is 13.3. The second-order valence-electron chi connectivity index (χ2n) is 4.29. The molecule has 0 aliphatic rings. The predicted molar refractivity (Wildman–Crippen MR) is 76.5 cm³/mol. The maximum atomic E-state index is 8.67. The third-order valence-corrected chi connectivity index (χ3v) is 2.97. The van der Waals surface area contributed by atoms with Crippen LogP contribution in [-0.4, -0.2) is 14.1 Å². The van der Waals surface area contributed by atoms with Crippen molar-refractivity contribution in [2.45, 2.75) is 6.54 Å². The summed E-state index contributed by atoms with van der Waals surface area (Å²) in [6.07, 6.45) is 0. The molecule has 0 saturated carbocycles. The molecule has 0 spiro atoms. The lowest BCUT2D eigenvalue weighted by Crippen LogP contribution is -2.09. The molecule has 2 rings (SSSR count). The summed E-state index contributed by atoms with van der Waals surface area (Å²) in [4.78, 5) is 1.96. The number of benzene rings is 1. The van der Waals surface area contributed by atoms with E-state index in [1.54, 1.807) is 12.1 Å². The van der Waals surface area contributed by atoms with Crippen molar-refractivity contribution in [2.24, 2.45) is 0 Å². The Bertz CT molecular complexity index is 613. The number of anilines is 2. The van der Waals surface area contributed by atoms with Gasteiger partial charge in [-0.1, -0.05) is 11.6 Å². The van der Waals surface area contributed by atoms with Gasteiger partial charge < -0.3 is 14.6 Å². The number of nitrogens with zero attached hydrogens (tertiary/aromatic N) is 2. The molecule has 19 heavy (non-hydrogen) atoms. The number of nitrogens with one attached hydrogen (secondary N) is 1. The summed E-state index contributed by atoms with van der Waals surface area (Å²) in [6, 6.07) is 11.2. The maximum absolute atomic E-state index is 8.67. The molecule has 1 aromatic carbocycles. The summed E-state index contributed by atoms with van der Waals surface area (Å²) in [5, 5.41) is 12.6. The number of furan rings is 1. The summed E-state index contributed by atoms with van der Waals surface area (Å²) < 4.78 is 5.28. The highest BCUT2D eigenvalue weighted by Gasteiger charge is 2.05. The van der Waals surface area contributed by atoms with E-state index >= 15 is 0 Å². The molecule has 0 fully saturated rings. The van der Waals surface area contributed by atoms with Crippen molar-refractivity contribution < 1.29 is 4.42 Å². The van der Waals surface area contributed by atoms with E-state index in [-0.39, 0.29) is 0 Å². The minimum Gasteiger partial charge on any atom is -0.449 e.